The molecule has 1 unspecified atom stereocenters. The second kappa shape index (κ2) is 11.8. The summed E-state index contributed by atoms with van der Waals surface area (Å²) >= 11 is 1.21. The Morgan fingerprint density at radius 3 is 2.58 bits per heavy atom. The number of hydrogen-bond acceptors (Lipinski definition) is 7. The molecule has 0 N–H and O–H groups in total. The van der Waals surface area contributed by atoms with Crippen LogP contribution in [0.3, 0.4) is 0 Å². The molecule has 1 aliphatic rings. The third-order valence-corrected chi connectivity index (χ3v) is 7.12. The molecular weight excluding hydrogens is 507 g/mol. The van der Waals surface area contributed by atoms with Crippen LogP contribution in [-0.4, -0.2) is 30.9 Å². The number of halogens is 1. The maximum absolute atomic E-state index is 13.7. The van der Waals surface area contributed by atoms with Crippen molar-refractivity contribution in [3.63, 3.8) is 0 Å². The highest BCUT2D eigenvalue weighted by Gasteiger charge is 2.34. The Bertz CT molecular complexity index is 1540. The van der Waals surface area contributed by atoms with Gasteiger partial charge in [-0.3, -0.25) is 9.36 Å². The van der Waals surface area contributed by atoms with Crippen LogP contribution in [0, 0.1) is 11.7 Å². The molecule has 9 heteroatoms. The van der Waals surface area contributed by atoms with Gasteiger partial charge in [-0.25, -0.2) is 14.2 Å². The number of ether oxygens (including phenoxy) is 3. The zero-order chi connectivity index (χ0) is 27.4. The smallest absolute Gasteiger partial charge is 0.338 e. The quantitative estimate of drug-likeness (QED) is 0.378. The Morgan fingerprint density at radius 2 is 1.92 bits per heavy atom. The third-order valence-electron chi connectivity index (χ3n) is 6.14. The maximum Gasteiger partial charge on any atom is 0.338 e. The van der Waals surface area contributed by atoms with Crippen LogP contribution in [0.1, 0.15) is 51.3 Å². The van der Waals surface area contributed by atoms with Gasteiger partial charge in [0.15, 0.2) is 16.3 Å². The number of hydrogen-bond donors (Lipinski definition) is 0. The Morgan fingerprint density at radius 1 is 1.18 bits per heavy atom. The second-order valence-electron chi connectivity index (χ2n) is 9.30. The van der Waals surface area contributed by atoms with Crippen LogP contribution in [0.4, 0.5) is 4.39 Å². The lowest BCUT2D eigenvalue weighted by Crippen LogP contribution is -2.40. The first kappa shape index (κ1) is 27.3. The normalized spacial score (nSPS) is 15.3. The maximum atomic E-state index is 13.7. The number of rotatable bonds is 9. The number of aromatic nitrogens is 1. The number of benzene rings is 2. The lowest BCUT2D eigenvalue weighted by Gasteiger charge is -2.25. The molecule has 0 saturated heterocycles. The summed E-state index contributed by atoms with van der Waals surface area (Å²) in [7, 11) is 1.55. The molecule has 0 radical (unpaired) electrons. The summed E-state index contributed by atoms with van der Waals surface area (Å²) in [6, 6.07) is 10.5. The Kier molecular flexibility index (Phi) is 8.46. The number of esters is 1. The molecule has 0 bridgehead atoms. The first-order chi connectivity index (χ1) is 18.2. The highest BCUT2D eigenvalue weighted by molar-refractivity contribution is 7.07. The van der Waals surface area contributed by atoms with Gasteiger partial charge < -0.3 is 14.2 Å². The Hall–Kier alpha value is -3.72. The fourth-order valence-electron chi connectivity index (χ4n) is 4.20. The minimum Gasteiger partial charge on any atom is -0.493 e. The van der Waals surface area contributed by atoms with Crippen molar-refractivity contribution in [3.8, 4) is 11.5 Å². The van der Waals surface area contributed by atoms with E-state index >= 15 is 0 Å². The van der Waals surface area contributed by atoms with Gasteiger partial charge in [-0.2, -0.15) is 0 Å². The summed E-state index contributed by atoms with van der Waals surface area (Å²) in [6.07, 6.45) is 2.58. The number of allylic oxidation sites excluding steroid dienone is 1. The van der Waals surface area contributed by atoms with Crippen LogP contribution in [-0.2, 0) is 9.53 Å². The number of thiazole rings is 1. The average molecular weight is 539 g/mol. The monoisotopic (exact) mass is 538 g/mol. The number of nitrogens with zero attached hydrogens (tertiary/aromatic N) is 2. The van der Waals surface area contributed by atoms with E-state index in [-0.39, 0.29) is 23.6 Å². The van der Waals surface area contributed by atoms with E-state index in [1.54, 1.807) is 51.3 Å². The molecule has 2 heterocycles. The van der Waals surface area contributed by atoms with Crippen LogP contribution in [0.15, 0.2) is 63.5 Å². The minimum absolute atomic E-state index is 0.184. The van der Waals surface area contributed by atoms with Crippen LogP contribution < -0.4 is 24.4 Å². The van der Waals surface area contributed by atoms with E-state index in [1.165, 1.54) is 28.0 Å². The number of fused-ring (bicyclic) bond motifs is 1. The van der Waals surface area contributed by atoms with Crippen molar-refractivity contribution in [1.82, 2.24) is 4.57 Å². The van der Waals surface area contributed by atoms with Crippen molar-refractivity contribution in [2.45, 2.75) is 40.2 Å². The summed E-state index contributed by atoms with van der Waals surface area (Å²) in [6.45, 7) is 8.44. The van der Waals surface area contributed by atoms with Crippen LogP contribution in [0.2, 0.25) is 0 Å². The molecule has 4 rings (SSSR count). The number of carbonyl (C=O) groups excluding carboxylic acids is 1. The average Bonchev–Trinajstić information content (AvgIpc) is 3.18. The largest absolute Gasteiger partial charge is 0.493 e. The molecule has 7 nitrogen and oxygen atoms in total. The van der Waals surface area contributed by atoms with Crippen molar-refractivity contribution in [2.75, 3.05) is 20.3 Å². The van der Waals surface area contributed by atoms with Crippen LogP contribution in [0.5, 0.6) is 11.5 Å². The van der Waals surface area contributed by atoms with Gasteiger partial charge in [-0.05, 0) is 67.7 Å². The number of carbonyl (C=O) groups is 1. The van der Waals surface area contributed by atoms with E-state index in [2.05, 4.69) is 18.8 Å². The highest BCUT2D eigenvalue weighted by atomic mass is 32.1. The summed E-state index contributed by atoms with van der Waals surface area (Å²) in [5, 5.41) is 0. The van der Waals surface area contributed by atoms with E-state index in [9.17, 15) is 14.0 Å². The Labute approximate surface area is 224 Å². The molecule has 1 aliphatic heterocycles. The predicted molar refractivity (Wildman–Crippen MR) is 145 cm³/mol. The van der Waals surface area contributed by atoms with E-state index < -0.39 is 12.0 Å². The lowest BCUT2D eigenvalue weighted by molar-refractivity contribution is -0.139. The molecular formula is C29H31FN2O5S. The van der Waals surface area contributed by atoms with E-state index in [1.807, 2.05) is 6.07 Å². The molecule has 0 fully saturated rings. The van der Waals surface area contributed by atoms with Crippen molar-refractivity contribution in [2.24, 2.45) is 10.9 Å². The van der Waals surface area contributed by atoms with Gasteiger partial charge in [0.05, 0.1) is 42.2 Å². The van der Waals surface area contributed by atoms with E-state index in [0.29, 0.717) is 50.2 Å². The first-order valence-electron chi connectivity index (χ1n) is 12.5. The standard InChI is InChI=1S/C29H31FN2O5S/c1-6-36-28(34)25-18(4)31-29-32(27(33)24(38-29)15-19-7-10-21(30)11-8-19)26(25)20-9-12-22(23(16-20)35-5)37-14-13-17(2)3/h7-12,15-17,26H,6,13-14H2,1-5H3/b24-15-. The van der Waals surface area contributed by atoms with Gasteiger partial charge in [0.25, 0.3) is 5.56 Å². The fourth-order valence-corrected chi connectivity index (χ4v) is 5.24. The molecule has 1 atom stereocenters. The van der Waals surface area contributed by atoms with Crippen molar-refractivity contribution in [1.29, 1.82) is 0 Å². The molecule has 0 aliphatic carbocycles. The van der Waals surface area contributed by atoms with Gasteiger partial charge in [-0.15, -0.1) is 0 Å². The van der Waals surface area contributed by atoms with E-state index in [0.717, 1.165) is 6.42 Å². The van der Waals surface area contributed by atoms with Crippen molar-refractivity contribution < 1.29 is 23.4 Å². The first-order valence-corrected chi connectivity index (χ1v) is 13.3. The van der Waals surface area contributed by atoms with Gasteiger partial charge >= 0.3 is 5.97 Å². The highest BCUT2D eigenvalue weighted by Crippen LogP contribution is 2.36. The summed E-state index contributed by atoms with van der Waals surface area (Å²) in [5.41, 5.74) is 1.78. The second-order valence-corrected chi connectivity index (χ2v) is 10.3. The van der Waals surface area contributed by atoms with Crippen LogP contribution >= 0.6 is 11.3 Å². The predicted octanol–water partition coefficient (Wildman–Crippen LogP) is 4.37. The zero-order valence-corrected chi connectivity index (χ0v) is 22.9. The summed E-state index contributed by atoms with van der Waals surface area (Å²) in [4.78, 5) is 31.9. The zero-order valence-electron chi connectivity index (χ0n) is 22.1. The van der Waals surface area contributed by atoms with Gasteiger partial charge in [-0.1, -0.05) is 43.4 Å². The van der Waals surface area contributed by atoms with Crippen molar-refractivity contribution >= 4 is 23.4 Å². The van der Waals surface area contributed by atoms with Crippen LogP contribution in [0.25, 0.3) is 6.08 Å². The topological polar surface area (TPSA) is 79.1 Å². The minimum atomic E-state index is -0.778. The molecule has 1 aromatic heterocycles. The number of methoxy groups -OCH3 is 1. The van der Waals surface area contributed by atoms with Gasteiger partial charge in [0, 0.05) is 0 Å². The Balaban J connectivity index is 1.86. The van der Waals surface area contributed by atoms with Crippen molar-refractivity contribution in [3.05, 3.63) is 90.4 Å². The molecule has 3 aromatic rings. The fraction of sp³-hybridized carbons (Fsp3) is 0.345. The SMILES string of the molecule is CCOC(=O)C1=C(C)N=c2s/c(=C\c3ccc(F)cc3)c(=O)n2C1c1ccc(OCCC(C)C)c(OC)c1. The molecule has 0 amide bonds. The summed E-state index contributed by atoms with van der Waals surface area (Å²) in [5.74, 6) is 0.680. The molecule has 2 aromatic carbocycles. The van der Waals surface area contributed by atoms with Gasteiger partial charge in [0.1, 0.15) is 5.82 Å². The van der Waals surface area contributed by atoms with Gasteiger partial charge in [0.2, 0.25) is 0 Å². The summed E-state index contributed by atoms with van der Waals surface area (Å²) < 4.78 is 32.2. The van der Waals surface area contributed by atoms with E-state index in [4.69, 9.17) is 14.2 Å². The third kappa shape index (κ3) is 5.72. The molecule has 200 valence electrons. The molecule has 0 saturated carbocycles. The molecule has 38 heavy (non-hydrogen) atoms. The lowest BCUT2D eigenvalue weighted by atomic mass is 9.95. The molecule has 0 spiro atoms.